The highest BCUT2D eigenvalue weighted by atomic mass is 35.5. The van der Waals surface area contributed by atoms with E-state index in [9.17, 15) is 13.2 Å². The van der Waals surface area contributed by atoms with E-state index < -0.39 is 17.6 Å². The fraction of sp³-hybridized carbons (Fsp3) is 0.500. The minimum Gasteiger partial charge on any atom is -0.171 e. The summed E-state index contributed by atoms with van der Waals surface area (Å²) in [5, 5.41) is -0.399. The molecule has 0 aliphatic heterocycles. The second-order valence-electron chi connectivity index (χ2n) is 1.35. The van der Waals surface area contributed by atoms with E-state index in [0.717, 1.165) is 0 Å². The van der Waals surface area contributed by atoms with Crippen molar-refractivity contribution in [1.29, 1.82) is 0 Å². The molecule has 0 fully saturated rings. The molecule has 0 aliphatic carbocycles. The van der Waals surface area contributed by atoms with Gasteiger partial charge in [0.2, 0.25) is 0 Å². The first-order valence-electron chi connectivity index (χ1n) is 1.97. The summed E-state index contributed by atoms with van der Waals surface area (Å²) < 4.78 is 33.9. The van der Waals surface area contributed by atoms with Crippen LogP contribution in [0.25, 0.3) is 0 Å². The molecule has 0 saturated carbocycles. The summed E-state index contributed by atoms with van der Waals surface area (Å²) in [5.41, 5.74) is 0.703. The fourth-order valence-electron chi connectivity index (χ4n) is 0.230. The number of hydrogen-bond donors (Lipinski definition) is 0. The Labute approximate surface area is 60.2 Å². The number of halogens is 5. The third kappa shape index (κ3) is 5.99. The van der Waals surface area contributed by atoms with Gasteiger partial charge in [-0.3, -0.25) is 0 Å². The number of rotatable bonds is 1. The van der Waals surface area contributed by atoms with Crippen LogP contribution in [-0.2, 0) is 0 Å². The highest BCUT2D eigenvalue weighted by Crippen LogP contribution is 2.26. The molecule has 0 aliphatic rings. The topological polar surface area (TPSA) is 0 Å². The number of hydrogen-bond acceptors (Lipinski definition) is 0. The second kappa shape index (κ2) is 3.32. The summed E-state index contributed by atoms with van der Waals surface area (Å²) in [5.74, 6) is 0. The average Bonchev–Trinajstić information content (AvgIpc) is 1.62. The monoisotopic (exact) mass is 178 g/mol. The predicted octanol–water partition coefficient (Wildman–Crippen LogP) is 3.26. The standard InChI is InChI=1S/C4H3Cl2F3/c5-2-3(6)1-4(7,8)9/h2H,1H2. The maximum absolute atomic E-state index is 11.3. The molecule has 0 spiro atoms. The normalized spacial score (nSPS) is 14.1. The lowest BCUT2D eigenvalue weighted by Gasteiger charge is -2.02. The van der Waals surface area contributed by atoms with Crippen molar-refractivity contribution in [2.24, 2.45) is 0 Å². The molecular formula is C4H3Cl2F3. The molecule has 0 N–H and O–H groups in total. The van der Waals surface area contributed by atoms with Gasteiger partial charge in [0.25, 0.3) is 0 Å². The SMILES string of the molecule is FC(F)(F)CC(Cl)=CCl. The fourth-order valence-corrected chi connectivity index (χ4v) is 0.459. The lowest BCUT2D eigenvalue weighted by Crippen LogP contribution is -2.05. The zero-order valence-corrected chi connectivity index (χ0v) is 5.69. The highest BCUT2D eigenvalue weighted by molar-refractivity contribution is 6.36. The lowest BCUT2D eigenvalue weighted by molar-refractivity contribution is -0.125. The Morgan fingerprint density at radius 1 is 1.44 bits per heavy atom. The van der Waals surface area contributed by atoms with Crippen LogP contribution < -0.4 is 0 Å². The molecule has 0 heterocycles. The summed E-state index contributed by atoms with van der Waals surface area (Å²) in [7, 11) is 0. The molecule has 54 valence electrons. The first-order chi connectivity index (χ1) is 3.95. The first kappa shape index (κ1) is 9.11. The molecule has 0 unspecified atom stereocenters. The number of alkyl halides is 3. The molecule has 0 nitrogen and oxygen atoms in total. The van der Waals surface area contributed by atoms with Gasteiger partial charge in [-0.15, -0.1) is 0 Å². The second-order valence-corrected chi connectivity index (χ2v) is 2.05. The van der Waals surface area contributed by atoms with E-state index in [0.29, 0.717) is 5.54 Å². The van der Waals surface area contributed by atoms with E-state index in [1.165, 1.54) is 0 Å². The molecule has 0 bridgehead atoms. The molecule has 0 aromatic carbocycles. The van der Waals surface area contributed by atoms with Crippen LogP contribution in [0, 0.1) is 0 Å². The van der Waals surface area contributed by atoms with Gasteiger partial charge in [-0.2, -0.15) is 13.2 Å². The van der Waals surface area contributed by atoms with Gasteiger partial charge in [0.15, 0.2) is 0 Å². The van der Waals surface area contributed by atoms with Crippen molar-refractivity contribution in [3.8, 4) is 0 Å². The molecule has 0 rings (SSSR count). The third-order valence-corrected chi connectivity index (χ3v) is 1.11. The quantitative estimate of drug-likeness (QED) is 0.579. The lowest BCUT2D eigenvalue weighted by atomic mass is 10.4. The van der Waals surface area contributed by atoms with Crippen molar-refractivity contribution in [2.75, 3.05) is 0 Å². The molecule has 0 amide bonds. The Balaban J connectivity index is 3.75. The molecule has 0 atom stereocenters. The van der Waals surface area contributed by atoms with Crippen LogP contribution in [0.2, 0.25) is 0 Å². The summed E-state index contributed by atoms with van der Waals surface area (Å²) >= 11 is 9.82. The summed E-state index contributed by atoms with van der Waals surface area (Å²) in [6, 6.07) is 0. The van der Waals surface area contributed by atoms with E-state index in [4.69, 9.17) is 23.2 Å². The van der Waals surface area contributed by atoms with Crippen molar-refractivity contribution in [3.63, 3.8) is 0 Å². The van der Waals surface area contributed by atoms with Crippen molar-refractivity contribution < 1.29 is 13.2 Å². The Morgan fingerprint density at radius 2 is 1.89 bits per heavy atom. The summed E-state index contributed by atoms with van der Waals surface area (Å²) in [6.45, 7) is 0. The zero-order chi connectivity index (χ0) is 7.49. The van der Waals surface area contributed by atoms with Crippen LogP contribution in [0.15, 0.2) is 10.6 Å². The van der Waals surface area contributed by atoms with Gasteiger partial charge in [-0.1, -0.05) is 23.2 Å². The maximum atomic E-state index is 11.3. The van der Waals surface area contributed by atoms with Crippen molar-refractivity contribution in [3.05, 3.63) is 10.6 Å². The first-order valence-corrected chi connectivity index (χ1v) is 2.78. The third-order valence-electron chi connectivity index (χ3n) is 0.488. The predicted molar refractivity (Wildman–Crippen MR) is 30.5 cm³/mol. The molecule has 0 aromatic rings. The van der Waals surface area contributed by atoms with Crippen molar-refractivity contribution >= 4 is 23.2 Å². The smallest absolute Gasteiger partial charge is 0.171 e. The highest BCUT2D eigenvalue weighted by Gasteiger charge is 2.27. The zero-order valence-electron chi connectivity index (χ0n) is 4.17. The van der Waals surface area contributed by atoms with Gasteiger partial charge >= 0.3 is 6.18 Å². The average molecular weight is 179 g/mol. The van der Waals surface area contributed by atoms with E-state index >= 15 is 0 Å². The molecule has 0 radical (unpaired) electrons. The largest absolute Gasteiger partial charge is 0.393 e. The van der Waals surface area contributed by atoms with Crippen LogP contribution >= 0.6 is 23.2 Å². The van der Waals surface area contributed by atoms with Crippen LogP contribution in [-0.4, -0.2) is 6.18 Å². The molecule has 9 heavy (non-hydrogen) atoms. The van der Waals surface area contributed by atoms with E-state index in [1.54, 1.807) is 0 Å². The van der Waals surface area contributed by atoms with E-state index in [2.05, 4.69) is 0 Å². The van der Waals surface area contributed by atoms with Gasteiger partial charge in [-0.25, -0.2) is 0 Å². The van der Waals surface area contributed by atoms with Gasteiger partial charge in [-0.05, 0) is 0 Å². The van der Waals surface area contributed by atoms with E-state index in [-0.39, 0.29) is 0 Å². The van der Waals surface area contributed by atoms with Crippen LogP contribution in [0.3, 0.4) is 0 Å². The molecule has 0 aromatic heterocycles. The Hall–Kier alpha value is 0.110. The van der Waals surface area contributed by atoms with Gasteiger partial charge in [0, 0.05) is 10.6 Å². The van der Waals surface area contributed by atoms with Crippen LogP contribution in [0.5, 0.6) is 0 Å². The minimum atomic E-state index is -4.26. The van der Waals surface area contributed by atoms with Crippen LogP contribution in [0.4, 0.5) is 13.2 Å². The van der Waals surface area contributed by atoms with Gasteiger partial charge in [0.05, 0.1) is 6.42 Å². The van der Waals surface area contributed by atoms with Gasteiger partial charge < -0.3 is 0 Å². The molecule has 5 heteroatoms. The van der Waals surface area contributed by atoms with Crippen LogP contribution in [0.1, 0.15) is 6.42 Å². The van der Waals surface area contributed by atoms with Crippen molar-refractivity contribution in [1.82, 2.24) is 0 Å². The Bertz CT molecular complexity index is 115. The van der Waals surface area contributed by atoms with E-state index in [1.807, 2.05) is 0 Å². The van der Waals surface area contributed by atoms with Gasteiger partial charge in [0.1, 0.15) is 0 Å². The maximum Gasteiger partial charge on any atom is 0.393 e. The minimum absolute atomic E-state index is 0.399. The summed E-state index contributed by atoms with van der Waals surface area (Å²) in [6.07, 6.45) is -5.42. The number of allylic oxidation sites excluding steroid dienone is 1. The molecular weight excluding hydrogens is 176 g/mol. The Kier molecular flexibility index (Phi) is 3.36. The Morgan fingerprint density at radius 3 is 2.00 bits per heavy atom. The summed E-state index contributed by atoms with van der Waals surface area (Å²) in [4.78, 5) is 0. The molecule has 0 saturated heterocycles. The van der Waals surface area contributed by atoms with Crippen molar-refractivity contribution in [2.45, 2.75) is 12.6 Å².